The van der Waals surface area contributed by atoms with Gasteiger partial charge in [0.15, 0.2) is 0 Å². The van der Waals surface area contributed by atoms with Gasteiger partial charge in [0, 0.05) is 20.8 Å². The van der Waals surface area contributed by atoms with Crippen LogP contribution in [0.2, 0.25) is 0 Å². The van der Waals surface area contributed by atoms with Crippen LogP contribution in [0.5, 0.6) is 0 Å². The Labute approximate surface area is 89.4 Å². The van der Waals surface area contributed by atoms with Gasteiger partial charge in [-0.15, -0.1) is 0 Å². The first-order valence-electron chi connectivity index (χ1n) is 4.22. The van der Waals surface area contributed by atoms with E-state index in [1.165, 1.54) is 7.11 Å². The highest BCUT2D eigenvalue weighted by atomic mass is 32.7. The lowest BCUT2D eigenvalue weighted by atomic mass is 10.2. The Bertz CT molecular complexity index is 189. The number of hydrogen-bond acceptors (Lipinski definition) is 5. The molecule has 14 heavy (non-hydrogen) atoms. The summed E-state index contributed by atoms with van der Waals surface area (Å²) in [5.74, 6) is 0. The molecular formula is C7H17O5PS. The van der Waals surface area contributed by atoms with Crippen molar-refractivity contribution in [3.8, 4) is 0 Å². The molecule has 7 heteroatoms. The van der Waals surface area contributed by atoms with Crippen LogP contribution in [0.3, 0.4) is 0 Å². The average Bonchev–Trinajstić information content (AvgIpc) is 2.14. The zero-order chi connectivity index (χ0) is 11.0. The van der Waals surface area contributed by atoms with Crippen LogP contribution in [-0.2, 0) is 18.3 Å². The lowest BCUT2D eigenvalue weighted by molar-refractivity contribution is 0.0903. The predicted molar refractivity (Wildman–Crippen MR) is 56.7 cm³/mol. The van der Waals surface area contributed by atoms with Crippen molar-refractivity contribution in [3.63, 3.8) is 0 Å². The summed E-state index contributed by atoms with van der Waals surface area (Å²) in [5, 5.41) is 9.33. The molecule has 0 fully saturated rings. The largest absolute Gasteiger partial charge is 0.393 e. The fraction of sp³-hybridized carbons (Fsp3) is 1.00. The highest BCUT2D eigenvalue weighted by Gasteiger charge is 2.16. The van der Waals surface area contributed by atoms with Gasteiger partial charge in [0.25, 0.3) is 0 Å². The van der Waals surface area contributed by atoms with Crippen molar-refractivity contribution in [2.45, 2.75) is 18.9 Å². The molecular weight excluding hydrogens is 227 g/mol. The normalized spacial score (nSPS) is 17.7. The van der Waals surface area contributed by atoms with Crippen LogP contribution in [0.4, 0.5) is 0 Å². The molecule has 2 atom stereocenters. The standard InChI is InChI=1S/C7H17O5PS/c1-10-5-3-7(8)4-6-12-13(9,14)11-2/h7-8H,3-6H2,1-2H3,(H,9,14). The minimum atomic E-state index is -3.20. The summed E-state index contributed by atoms with van der Waals surface area (Å²) < 4.78 is 25.2. The molecule has 0 bridgehead atoms. The summed E-state index contributed by atoms with van der Waals surface area (Å²) in [6.45, 7) is -2.56. The maximum atomic E-state index is 11.1. The van der Waals surface area contributed by atoms with Crippen LogP contribution in [0, 0.1) is 0 Å². The molecule has 1 N–H and O–H groups in total. The third-order valence-corrected chi connectivity index (χ3v) is 3.40. The van der Waals surface area contributed by atoms with Crippen LogP contribution in [0.15, 0.2) is 0 Å². The molecule has 0 aliphatic carbocycles. The molecule has 0 radical (unpaired) electrons. The molecule has 0 saturated carbocycles. The first kappa shape index (κ1) is 14.4. The van der Waals surface area contributed by atoms with Crippen molar-refractivity contribution in [2.75, 3.05) is 27.4 Å². The molecule has 0 aliphatic rings. The van der Waals surface area contributed by atoms with Gasteiger partial charge < -0.3 is 18.9 Å². The van der Waals surface area contributed by atoms with Crippen molar-refractivity contribution < 1.29 is 23.5 Å². The lowest BCUT2D eigenvalue weighted by Crippen LogP contribution is -2.12. The Morgan fingerprint density at radius 1 is 1.36 bits per heavy atom. The molecule has 0 heterocycles. The van der Waals surface area contributed by atoms with E-state index in [0.717, 1.165) is 0 Å². The van der Waals surface area contributed by atoms with Gasteiger partial charge in [0.1, 0.15) is 0 Å². The van der Waals surface area contributed by atoms with Crippen molar-refractivity contribution in [2.24, 2.45) is 0 Å². The van der Waals surface area contributed by atoms with Gasteiger partial charge in [-0.25, -0.2) is 4.57 Å². The van der Waals surface area contributed by atoms with Gasteiger partial charge in [0.2, 0.25) is 0 Å². The summed E-state index contributed by atoms with van der Waals surface area (Å²) in [4.78, 5) is 0. The van der Waals surface area contributed by atoms with E-state index in [1.54, 1.807) is 7.11 Å². The molecule has 0 amide bonds. The number of thiol groups is 1. The van der Waals surface area contributed by atoms with Crippen LogP contribution in [-0.4, -0.2) is 38.6 Å². The van der Waals surface area contributed by atoms with Gasteiger partial charge in [-0.1, -0.05) is 12.2 Å². The van der Waals surface area contributed by atoms with Crippen molar-refractivity contribution >= 4 is 19.0 Å². The van der Waals surface area contributed by atoms with E-state index in [1.807, 2.05) is 0 Å². The number of hydrogen-bond donors (Lipinski definition) is 2. The van der Waals surface area contributed by atoms with Crippen LogP contribution in [0.25, 0.3) is 0 Å². The van der Waals surface area contributed by atoms with Crippen LogP contribution < -0.4 is 0 Å². The van der Waals surface area contributed by atoms with E-state index in [-0.39, 0.29) is 6.61 Å². The Balaban J connectivity index is 3.48. The fourth-order valence-corrected chi connectivity index (χ4v) is 1.44. The number of rotatable bonds is 8. The summed E-state index contributed by atoms with van der Waals surface area (Å²) in [5.41, 5.74) is 0. The molecule has 0 saturated heterocycles. The maximum absolute atomic E-state index is 11.1. The van der Waals surface area contributed by atoms with Gasteiger partial charge in [-0.2, -0.15) is 0 Å². The molecule has 0 spiro atoms. The van der Waals surface area contributed by atoms with Gasteiger partial charge in [-0.05, 0) is 12.8 Å². The summed E-state index contributed by atoms with van der Waals surface area (Å²) >= 11 is 3.66. The van der Waals surface area contributed by atoms with Gasteiger partial charge >= 0.3 is 6.80 Å². The zero-order valence-corrected chi connectivity index (χ0v) is 10.2. The van der Waals surface area contributed by atoms with Gasteiger partial charge in [0.05, 0.1) is 12.7 Å². The van der Waals surface area contributed by atoms with Crippen LogP contribution in [0.1, 0.15) is 12.8 Å². The van der Waals surface area contributed by atoms with E-state index in [0.29, 0.717) is 19.4 Å². The molecule has 5 nitrogen and oxygen atoms in total. The summed E-state index contributed by atoms with van der Waals surface area (Å²) in [6.07, 6.45) is 0.404. The van der Waals surface area contributed by atoms with Crippen molar-refractivity contribution in [3.05, 3.63) is 0 Å². The minimum Gasteiger partial charge on any atom is -0.393 e. The zero-order valence-electron chi connectivity index (χ0n) is 8.38. The summed E-state index contributed by atoms with van der Waals surface area (Å²) in [6, 6.07) is 0. The van der Waals surface area contributed by atoms with Crippen LogP contribution >= 0.6 is 19.0 Å². The smallest absolute Gasteiger partial charge is 0.385 e. The second kappa shape index (κ2) is 7.68. The highest BCUT2D eigenvalue weighted by Crippen LogP contribution is 2.51. The molecule has 0 aromatic heterocycles. The van der Waals surface area contributed by atoms with E-state index < -0.39 is 12.9 Å². The highest BCUT2D eigenvalue weighted by molar-refractivity contribution is 8.44. The first-order valence-corrected chi connectivity index (χ1v) is 6.91. The fourth-order valence-electron chi connectivity index (χ4n) is 0.755. The second-order valence-corrected chi connectivity index (χ2v) is 5.74. The number of aliphatic hydroxyl groups is 1. The molecule has 0 aromatic rings. The van der Waals surface area contributed by atoms with Crippen molar-refractivity contribution in [1.29, 1.82) is 0 Å². The van der Waals surface area contributed by atoms with E-state index in [9.17, 15) is 9.67 Å². The third kappa shape index (κ3) is 7.79. The number of ether oxygens (including phenoxy) is 1. The molecule has 0 aromatic carbocycles. The monoisotopic (exact) mass is 244 g/mol. The Morgan fingerprint density at radius 2 is 1.93 bits per heavy atom. The molecule has 0 aliphatic heterocycles. The predicted octanol–water partition coefficient (Wildman–Crippen LogP) is 1.47. The lowest BCUT2D eigenvalue weighted by Gasteiger charge is -2.12. The Hall–Kier alpha value is 0.420. The minimum absolute atomic E-state index is 0.152. The molecule has 2 unspecified atom stereocenters. The van der Waals surface area contributed by atoms with Gasteiger partial charge in [-0.3, -0.25) is 0 Å². The maximum Gasteiger partial charge on any atom is 0.385 e. The number of aliphatic hydroxyl groups excluding tert-OH is 1. The number of methoxy groups -OCH3 is 1. The Morgan fingerprint density at radius 3 is 2.43 bits per heavy atom. The quantitative estimate of drug-likeness (QED) is 0.500. The Kier molecular flexibility index (Phi) is 7.91. The third-order valence-electron chi connectivity index (χ3n) is 1.59. The first-order chi connectivity index (χ1) is 6.52. The van der Waals surface area contributed by atoms with E-state index in [4.69, 9.17) is 9.26 Å². The van der Waals surface area contributed by atoms with Crippen molar-refractivity contribution in [1.82, 2.24) is 0 Å². The topological polar surface area (TPSA) is 65.0 Å². The van der Waals surface area contributed by atoms with E-state index in [2.05, 4.69) is 16.8 Å². The second-order valence-electron chi connectivity index (χ2n) is 2.71. The van der Waals surface area contributed by atoms with E-state index >= 15 is 0 Å². The average molecular weight is 244 g/mol. The molecule has 86 valence electrons. The summed E-state index contributed by atoms with van der Waals surface area (Å²) in [7, 11) is 2.82. The molecule has 0 rings (SSSR count). The SMILES string of the molecule is COCCC(O)CCOP(=O)(S)OC.